The molecular formula is C14H24ClN3. The zero-order valence-electron chi connectivity index (χ0n) is 11.5. The summed E-state index contributed by atoms with van der Waals surface area (Å²) in [5, 5.41) is 8.10. The summed E-state index contributed by atoms with van der Waals surface area (Å²) in [7, 11) is 0. The highest BCUT2D eigenvalue weighted by Crippen LogP contribution is 2.28. The van der Waals surface area contributed by atoms with Crippen molar-refractivity contribution in [2.45, 2.75) is 52.1 Å². The zero-order chi connectivity index (χ0) is 13.0. The Kier molecular flexibility index (Phi) is 4.68. The molecule has 0 aromatic carbocycles. The van der Waals surface area contributed by atoms with E-state index in [0.717, 1.165) is 18.8 Å². The summed E-state index contributed by atoms with van der Waals surface area (Å²) in [6.45, 7) is 6.10. The van der Waals surface area contributed by atoms with Crippen LogP contribution in [0.1, 0.15) is 51.3 Å². The van der Waals surface area contributed by atoms with Gasteiger partial charge in [0.25, 0.3) is 0 Å². The van der Waals surface area contributed by atoms with E-state index >= 15 is 0 Å². The molecule has 3 nitrogen and oxygen atoms in total. The molecule has 1 aromatic heterocycles. The maximum absolute atomic E-state index is 5.91. The Morgan fingerprint density at radius 3 is 2.83 bits per heavy atom. The molecule has 1 aromatic rings. The maximum atomic E-state index is 5.91. The standard InChI is InChI=1S/C14H24ClN3/c1-14(2,10-15)11-16-9-12-7-8-18(17-12)13-5-3-4-6-13/h7-8,13,16H,3-6,9-11H2,1-2H3. The number of nitrogens with zero attached hydrogens (tertiary/aromatic N) is 2. The fraction of sp³-hybridized carbons (Fsp3) is 0.786. The van der Waals surface area contributed by atoms with E-state index in [1.807, 2.05) is 0 Å². The SMILES string of the molecule is CC(C)(CCl)CNCc1ccn(C2CCCC2)n1. The van der Waals surface area contributed by atoms with E-state index in [2.05, 4.69) is 41.2 Å². The van der Waals surface area contributed by atoms with Crippen LogP contribution in [0.5, 0.6) is 0 Å². The number of halogens is 1. The number of hydrogen-bond donors (Lipinski definition) is 1. The first kappa shape index (κ1) is 13.9. The van der Waals surface area contributed by atoms with Gasteiger partial charge in [0.15, 0.2) is 0 Å². The van der Waals surface area contributed by atoms with Crippen molar-refractivity contribution in [1.82, 2.24) is 15.1 Å². The number of hydrogen-bond acceptors (Lipinski definition) is 2. The molecule has 0 unspecified atom stereocenters. The summed E-state index contributed by atoms with van der Waals surface area (Å²) in [4.78, 5) is 0. The first-order chi connectivity index (χ1) is 8.61. The van der Waals surface area contributed by atoms with Crippen LogP contribution in [0.15, 0.2) is 12.3 Å². The highest BCUT2D eigenvalue weighted by Gasteiger charge is 2.18. The van der Waals surface area contributed by atoms with Gasteiger partial charge in [-0.3, -0.25) is 4.68 Å². The third-order valence-electron chi connectivity index (χ3n) is 3.63. The summed E-state index contributed by atoms with van der Waals surface area (Å²) in [6, 6.07) is 2.76. The van der Waals surface area contributed by atoms with Crippen LogP contribution >= 0.6 is 11.6 Å². The monoisotopic (exact) mass is 269 g/mol. The normalized spacial score (nSPS) is 17.5. The number of aromatic nitrogens is 2. The van der Waals surface area contributed by atoms with Gasteiger partial charge in [0, 0.05) is 25.2 Å². The average Bonchev–Trinajstić information content (AvgIpc) is 2.98. The minimum Gasteiger partial charge on any atom is -0.311 e. The second-order valence-corrected chi connectivity index (χ2v) is 6.39. The first-order valence-corrected chi connectivity index (χ1v) is 7.45. The molecule has 0 atom stereocenters. The topological polar surface area (TPSA) is 29.9 Å². The summed E-state index contributed by atoms with van der Waals surface area (Å²) < 4.78 is 2.15. The van der Waals surface area contributed by atoms with Crippen molar-refractivity contribution in [3.05, 3.63) is 18.0 Å². The molecule has 1 N–H and O–H groups in total. The molecule has 1 heterocycles. The molecule has 0 aliphatic heterocycles. The first-order valence-electron chi connectivity index (χ1n) is 6.91. The fourth-order valence-corrected chi connectivity index (χ4v) is 2.51. The highest BCUT2D eigenvalue weighted by atomic mass is 35.5. The molecule has 4 heteroatoms. The predicted molar refractivity (Wildman–Crippen MR) is 75.9 cm³/mol. The second-order valence-electron chi connectivity index (χ2n) is 6.13. The molecule has 18 heavy (non-hydrogen) atoms. The molecule has 1 fully saturated rings. The third-order valence-corrected chi connectivity index (χ3v) is 4.36. The molecule has 1 saturated carbocycles. The van der Waals surface area contributed by atoms with Crippen LogP contribution in [-0.4, -0.2) is 22.2 Å². The van der Waals surface area contributed by atoms with Gasteiger partial charge in [0.1, 0.15) is 0 Å². The highest BCUT2D eigenvalue weighted by molar-refractivity contribution is 6.18. The lowest BCUT2D eigenvalue weighted by atomic mass is 9.97. The smallest absolute Gasteiger partial charge is 0.0762 e. The summed E-state index contributed by atoms with van der Waals surface area (Å²) in [5.74, 6) is 0.677. The molecule has 0 radical (unpaired) electrons. The van der Waals surface area contributed by atoms with E-state index in [9.17, 15) is 0 Å². The van der Waals surface area contributed by atoms with Gasteiger partial charge in [-0.15, -0.1) is 11.6 Å². The Morgan fingerprint density at radius 2 is 2.17 bits per heavy atom. The van der Waals surface area contributed by atoms with E-state index in [1.54, 1.807) is 0 Å². The molecule has 0 saturated heterocycles. The zero-order valence-corrected chi connectivity index (χ0v) is 12.2. The molecule has 0 amide bonds. The van der Waals surface area contributed by atoms with Crippen molar-refractivity contribution < 1.29 is 0 Å². The van der Waals surface area contributed by atoms with Crippen LogP contribution in [0.3, 0.4) is 0 Å². The van der Waals surface area contributed by atoms with Crippen LogP contribution in [0.2, 0.25) is 0 Å². The van der Waals surface area contributed by atoms with Gasteiger partial charge >= 0.3 is 0 Å². The quantitative estimate of drug-likeness (QED) is 0.803. The van der Waals surface area contributed by atoms with Crippen molar-refractivity contribution in [3.63, 3.8) is 0 Å². The summed E-state index contributed by atoms with van der Waals surface area (Å²) >= 11 is 5.91. The van der Waals surface area contributed by atoms with Crippen LogP contribution in [0.25, 0.3) is 0 Å². The van der Waals surface area contributed by atoms with Gasteiger partial charge in [0.2, 0.25) is 0 Å². The predicted octanol–water partition coefficient (Wildman–Crippen LogP) is 3.35. The second kappa shape index (κ2) is 6.07. The van der Waals surface area contributed by atoms with Gasteiger partial charge in [-0.25, -0.2) is 0 Å². The van der Waals surface area contributed by atoms with Crippen LogP contribution in [0, 0.1) is 5.41 Å². The Hall–Kier alpha value is -0.540. The van der Waals surface area contributed by atoms with Crippen LogP contribution in [-0.2, 0) is 6.54 Å². The third kappa shape index (κ3) is 3.72. The van der Waals surface area contributed by atoms with Gasteiger partial charge in [-0.2, -0.15) is 5.10 Å². The van der Waals surface area contributed by atoms with Crippen molar-refractivity contribution in [2.75, 3.05) is 12.4 Å². The lowest BCUT2D eigenvalue weighted by molar-refractivity contribution is 0.382. The molecule has 0 bridgehead atoms. The molecular weight excluding hydrogens is 246 g/mol. The van der Waals surface area contributed by atoms with Crippen molar-refractivity contribution in [2.24, 2.45) is 5.41 Å². The maximum Gasteiger partial charge on any atom is 0.0762 e. The van der Waals surface area contributed by atoms with Gasteiger partial charge in [-0.05, 0) is 24.3 Å². The van der Waals surface area contributed by atoms with E-state index in [1.165, 1.54) is 25.7 Å². The van der Waals surface area contributed by atoms with Crippen molar-refractivity contribution >= 4 is 11.6 Å². The van der Waals surface area contributed by atoms with Crippen molar-refractivity contribution in [3.8, 4) is 0 Å². The number of alkyl halides is 1. The van der Waals surface area contributed by atoms with Gasteiger partial charge in [0.05, 0.1) is 11.7 Å². The Balaban J connectivity index is 1.80. The van der Waals surface area contributed by atoms with Gasteiger partial charge < -0.3 is 5.32 Å². The van der Waals surface area contributed by atoms with Crippen LogP contribution in [0.4, 0.5) is 0 Å². The van der Waals surface area contributed by atoms with E-state index in [-0.39, 0.29) is 5.41 Å². The molecule has 102 valence electrons. The molecule has 0 spiro atoms. The number of rotatable bonds is 6. The Labute approximate surface area is 115 Å². The molecule has 2 rings (SSSR count). The minimum atomic E-state index is 0.148. The van der Waals surface area contributed by atoms with E-state index in [4.69, 9.17) is 11.6 Å². The van der Waals surface area contributed by atoms with Crippen LogP contribution < -0.4 is 5.32 Å². The lowest BCUT2D eigenvalue weighted by Crippen LogP contribution is -2.30. The number of nitrogens with one attached hydrogen (secondary N) is 1. The summed E-state index contributed by atoms with van der Waals surface area (Å²) in [5.41, 5.74) is 1.28. The summed E-state index contributed by atoms with van der Waals surface area (Å²) in [6.07, 6.45) is 7.39. The Bertz CT molecular complexity index is 367. The van der Waals surface area contributed by atoms with Gasteiger partial charge in [-0.1, -0.05) is 26.7 Å². The molecule has 1 aliphatic carbocycles. The molecule has 1 aliphatic rings. The van der Waals surface area contributed by atoms with E-state index < -0.39 is 0 Å². The van der Waals surface area contributed by atoms with E-state index in [0.29, 0.717) is 11.9 Å². The fourth-order valence-electron chi connectivity index (χ4n) is 2.42. The minimum absolute atomic E-state index is 0.148. The lowest BCUT2D eigenvalue weighted by Gasteiger charge is -2.21. The largest absolute Gasteiger partial charge is 0.311 e. The Morgan fingerprint density at radius 1 is 1.44 bits per heavy atom. The van der Waals surface area contributed by atoms with Crippen molar-refractivity contribution in [1.29, 1.82) is 0 Å². The average molecular weight is 270 g/mol.